The second-order valence-corrected chi connectivity index (χ2v) is 5.85. The van der Waals surface area contributed by atoms with E-state index >= 15 is 0 Å². The van der Waals surface area contributed by atoms with Gasteiger partial charge in [0.1, 0.15) is 5.69 Å². The van der Waals surface area contributed by atoms with Gasteiger partial charge in [0, 0.05) is 0 Å². The summed E-state index contributed by atoms with van der Waals surface area (Å²) in [5.41, 5.74) is -1.01. The summed E-state index contributed by atoms with van der Waals surface area (Å²) in [6.07, 6.45) is 0. The van der Waals surface area contributed by atoms with Crippen LogP contribution in [0.5, 0.6) is 0 Å². The van der Waals surface area contributed by atoms with Crippen LogP contribution in [0.25, 0.3) is 0 Å². The fraction of sp³-hybridized carbons (Fsp3) is 0.600. The van der Waals surface area contributed by atoms with Crippen LogP contribution in [0.1, 0.15) is 40.0 Å². The quantitative estimate of drug-likeness (QED) is 0.280. The van der Waals surface area contributed by atoms with Gasteiger partial charge in [-0.15, -0.1) is 0 Å². The Morgan fingerprint density at radius 1 is 0.950 bits per heavy atom. The summed E-state index contributed by atoms with van der Waals surface area (Å²) in [4.78, 5) is 0. The first kappa shape index (κ1) is 8.51. The van der Waals surface area contributed by atoms with Crippen molar-refractivity contribution in [2.24, 2.45) is 0 Å². The zero-order valence-electron chi connectivity index (χ0n) is 21.0. The third kappa shape index (κ3) is 3.38. The van der Waals surface area contributed by atoms with Gasteiger partial charge in [-0.2, -0.15) is 0 Å². The molecule has 0 aromatic heterocycles. The topological polar surface area (TPSA) is 18.5 Å². The average Bonchev–Trinajstić information content (AvgIpc) is 2.63. The Kier molecular flexibility index (Phi) is 2.38. The molecule has 3 nitrogen and oxygen atoms in total. The lowest BCUT2D eigenvalue weighted by atomic mass is 9.79. The lowest BCUT2D eigenvalue weighted by molar-refractivity contribution is -0.00000723. The van der Waals surface area contributed by atoms with Gasteiger partial charge in [-0.05, 0) is 45.3 Å². The van der Waals surface area contributed by atoms with Crippen LogP contribution < -0.4 is 33.9 Å². The van der Waals surface area contributed by atoms with Gasteiger partial charge in [0.2, 0.25) is 0 Å². The Balaban J connectivity index is 0.00000420. The highest BCUT2D eigenvalue weighted by Gasteiger charge is 2.51. The first-order chi connectivity index (χ1) is 12.3. The van der Waals surface area contributed by atoms with Gasteiger partial charge in [0.15, 0.2) is 0 Å². The number of rotatable bonds is 2. The SMILES string of the molecule is [2H]C([2H])([2H])[15N+](c1ccc(B2OC(C)(C)C(C)(C)O2)cc1)(C([2H])([2H])[2H])C([2H])([2H])[2H].[I-]. The van der Waals surface area contributed by atoms with Crippen LogP contribution >= 0.6 is 0 Å². The average molecular weight is 399 g/mol. The van der Waals surface area contributed by atoms with Crippen molar-refractivity contribution < 1.29 is 45.6 Å². The molecule has 2 rings (SSSR count). The summed E-state index contributed by atoms with van der Waals surface area (Å²) in [5, 5.41) is 0. The number of nitrogens with zero attached hydrogens (tertiary/aromatic N) is 1. The molecule has 5 heteroatoms. The van der Waals surface area contributed by atoms with E-state index in [4.69, 9.17) is 21.6 Å². The van der Waals surface area contributed by atoms with E-state index in [1.54, 1.807) is 0 Å². The van der Waals surface area contributed by atoms with E-state index < -0.39 is 43.7 Å². The maximum absolute atomic E-state index is 7.75. The molecule has 0 amide bonds. The molecule has 1 aromatic carbocycles. The molecular formula is C15H25BINO2. The largest absolute Gasteiger partial charge is 1.00 e. The van der Waals surface area contributed by atoms with Crippen LogP contribution in [0.3, 0.4) is 0 Å². The lowest BCUT2D eigenvalue weighted by Gasteiger charge is -2.32. The smallest absolute Gasteiger partial charge is 0.494 e. The molecule has 1 aromatic rings. The van der Waals surface area contributed by atoms with Crippen molar-refractivity contribution >= 4 is 18.3 Å². The second-order valence-electron chi connectivity index (χ2n) is 5.85. The molecule has 1 fully saturated rings. The molecule has 0 aliphatic carbocycles. The molecule has 1 heterocycles. The standard InChI is InChI=1S/C15H25BNO2.HI/c1-14(2)15(3,4)19-16(18-14)12-8-10-13(11-9-12)17(5,6)7;/h8-11H,1-7H3;1H/q+1;/p-1/i5D3,6D3,7D3,17+1;. The summed E-state index contributed by atoms with van der Waals surface area (Å²) in [5.74, 6) is 0. The zero-order valence-corrected chi connectivity index (χ0v) is 14.2. The Morgan fingerprint density at radius 2 is 1.40 bits per heavy atom. The minimum Gasteiger partial charge on any atom is -1.00 e. The van der Waals surface area contributed by atoms with Crippen molar-refractivity contribution in [1.29, 1.82) is 0 Å². The van der Waals surface area contributed by atoms with Crippen LogP contribution in [0.4, 0.5) is 5.69 Å². The third-order valence-corrected chi connectivity index (χ3v) is 3.81. The number of hydrogen-bond acceptors (Lipinski definition) is 2. The number of benzene rings is 1. The fourth-order valence-electron chi connectivity index (χ4n) is 1.83. The van der Waals surface area contributed by atoms with Gasteiger partial charge in [0.25, 0.3) is 0 Å². The molecule has 1 saturated heterocycles. The molecule has 0 bridgehead atoms. The van der Waals surface area contributed by atoms with Crippen molar-refractivity contribution in [3.63, 3.8) is 0 Å². The molecule has 1 aliphatic heterocycles. The summed E-state index contributed by atoms with van der Waals surface area (Å²) in [7, 11) is -0.741. The van der Waals surface area contributed by atoms with Crippen molar-refractivity contribution in [3.8, 4) is 0 Å². The molecule has 0 spiro atoms. The molecule has 1 aliphatic rings. The zero-order chi connectivity index (χ0) is 22.0. The lowest BCUT2D eigenvalue weighted by Crippen LogP contribution is -3.00. The summed E-state index contributed by atoms with van der Waals surface area (Å²) in [6, 6.07) is 5.28. The van der Waals surface area contributed by atoms with Crippen LogP contribution in [0, 0.1) is 0 Å². The molecule has 112 valence electrons. The van der Waals surface area contributed by atoms with E-state index in [-0.39, 0.29) is 29.7 Å². The first-order valence-corrected chi connectivity index (χ1v) is 6.13. The number of hydrogen-bond donors (Lipinski definition) is 0. The predicted octanol–water partition coefficient (Wildman–Crippen LogP) is -0.813. The van der Waals surface area contributed by atoms with Crippen LogP contribution in [-0.4, -0.2) is 39.2 Å². The summed E-state index contributed by atoms with van der Waals surface area (Å²) in [6.45, 7) is -2.53. The highest BCUT2D eigenvalue weighted by molar-refractivity contribution is 6.62. The molecule has 20 heavy (non-hydrogen) atoms. The Morgan fingerprint density at radius 3 is 1.80 bits per heavy atom. The predicted molar refractivity (Wildman–Crippen MR) is 81.7 cm³/mol. The minimum absolute atomic E-state index is 0. The minimum atomic E-state index is -3.34. The highest BCUT2D eigenvalue weighted by atomic mass is 127. The van der Waals surface area contributed by atoms with Gasteiger partial charge < -0.3 is 33.3 Å². The number of halogens is 1. The van der Waals surface area contributed by atoms with Gasteiger partial charge in [-0.3, -0.25) is 4.48 Å². The molecule has 0 atom stereocenters. The van der Waals surface area contributed by atoms with Gasteiger partial charge in [-0.25, -0.2) is 0 Å². The molecular weight excluding hydrogens is 365 g/mol. The van der Waals surface area contributed by atoms with Gasteiger partial charge >= 0.3 is 7.12 Å². The maximum Gasteiger partial charge on any atom is 0.494 e. The van der Waals surface area contributed by atoms with E-state index in [0.29, 0.717) is 5.46 Å². The Bertz CT molecular complexity index is 677. The summed E-state index contributed by atoms with van der Waals surface area (Å²) < 4.78 is 79.4. The van der Waals surface area contributed by atoms with Crippen molar-refractivity contribution in [2.45, 2.75) is 38.9 Å². The monoisotopic (exact) mass is 399 g/mol. The fourth-order valence-corrected chi connectivity index (χ4v) is 1.83. The van der Waals surface area contributed by atoms with E-state index in [2.05, 4.69) is 0 Å². The van der Waals surface area contributed by atoms with Crippen LogP contribution in [-0.2, 0) is 9.31 Å². The molecule has 0 unspecified atom stereocenters. The Hall–Kier alpha value is -0.105. The third-order valence-electron chi connectivity index (χ3n) is 3.81. The maximum atomic E-state index is 7.75. The van der Waals surface area contributed by atoms with Crippen LogP contribution in [0.15, 0.2) is 24.3 Å². The van der Waals surface area contributed by atoms with Crippen molar-refractivity contribution in [3.05, 3.63) is 24.3 Å². The number of quaternary nitrogens is 1. The van der Waals surface area contributed by atoms with Crippen molar-refractivity contribution in [1.82, 2.24) is 4.48 Å². The molecule has 0 saturated carbocycles. The van der Waals surface area contributed by atoms with Crippen molar-refractivity contribution in [2.75, 3.05) is 20.9 Å². The Labute approximate surface area is 153 Å². The first-order valence-electron chi connectivity index (χ1n) is 10.6. The van der Waals surface area contributed by atoms with E-state index in [9.17, 15) is 0 Å². The highest BCUT2D eigenvalue weighted by Crippen LogP contribution is 2.36. The van der Waals surface area contributed by atoms with Crippen LogP contribution in [0.2, 0.25) is 0 Å². The van der Waals surface area contributed by atoms with E-state index in [1.807, 2.05) is 27.7 Å². The summed E-state index contributed by atoms with van der Waals surface area (Å²) >= 11 is 0. The van der Waals surface area contributed by atoms with E-state index in [0.717, 1.165) is 0 Å². The normalized spacial score (nSPS) is 29.2. The van der Waals surface area contributed by atoms with Gasteiger partial charge in [0.05, 0.1) is 44.5 Å². The van der Waals surface area contributed by atoms with E-state index in [1.165, 1.54) is 24.3 Å². The van der Waals surface area contributed by atoms with Gasteiger partial charge in [-0.1, -0.05) is 12.1 Å². The molecule has 0 radical (unpaired) electrons. The second kappa shape index (κ2) is 5.59. The molecule has 0 N–H and O–H groups in total.